The minimum Gasteiger partial charge on any atom is -0.403 e. The molecule has 1 aromatic carbocycles. The number of hydrogen-bond acceptors (Lipinski definition) is 2. The summed E-state index contributed by atoms with van der Waals surface area (Å²) in [4.78, 5) is 2.09. The number of nitrogens with zero attached hydrogens (tertiary/aromatic N) is 1. The van der Waals surface area contributed by atoms with Crippen molar-refractivity contribution in [1.29, 1.82) is 0 Å². The maximum Gasteiger partial charge on any atom is 0.0591 e. The fraction of sp³-hybridized carbons (Fsp3) is 0.333. The second-order valence-electron chi connectivity index (χ2n) is 5.16. The third-order valence-corrected chi connectivity index (χ3v) is 3.58. The van der Waals surface area contributed by atoms with Crippen LogP contribution in [0.15, 0.2) is 49.4 Å². The van der Waals surface area contributed by atoms with Crippen molar-refractivity contribution >= 4 is 0 Å². The lowest BCUT2D eigenvalue weighted by Crippen LogP contribution is -2.19. The molecule has 1 aliphatic carbocycles. The van der Waals surface area contributed by atoms with Crippen molar-refractivity contribution in [2.45, 2.75) is 31.7 Å². The van der Waals surface area contributed by atoms with Gasteiger partial charge >= 0.3 is 0 Å². The van der Waals surface area contributed by atoms with E-state index in [9.17, 15) is 0 Å². The Kier molecular flexibility index (Phi) is 2.97. The van der Waals surface area contributed by atoms with Gasteiger partial charge in [-0.25, -0.2) is 0 Å². The van der Waals surface area contributed by atoms with Crippen LogP contribution >= 0.6 is 0 Å². The van der Waals surface area contributed by atoms with Gasteiger partial charge in [0.1, 0.15) is 0 Å². The van der Waals surface area contributed by atoms with E-state index in [0.717, 1.165) is 6.42 Å². The summed E-state index contributed by atoms with van der Waals surface area (Å²) >= 11 is 0. The Labute approximate surface area is 103 Å². The molecule has 0 aromatic heterocycles. The van der Waals surface area contributed by atoms with Crippen molar-refractivity contribution in [2.24, 2.45) is 5.73 Å². The topological polar surface area (TPSA) is 29.3 Å². The summed E-state index contributed by atoms with van der Waals surface area (Å²) in [6.45, 7) is 8.45. The lowest BCUT2D eigenvalue weighted by molar-refractivity contribution is 0.327. The molecule has 0 saturated carbocycles. The monoisotopic (exact) mass is 228 g/mol. The standard InChI is InChI=1S/C15H20N2/c1-4-17(10-9-16)14-11-15(2,3)13-8-6-5-7-12(13)14/h4-10,14H,1,11,16H2,2-3H3/b10-9-. The Morgan fingerprint density at radius 1 is 1.41 bits per heavy atom. The van der Waals surface area contributed by atoms with Gasteiger partial charge in [0.25, 0.3) is 0 Å². The highest BCUT2D eigenvalue weighted by molar-refractivity contribution is 5.41. The molecule has 2 N–H and O–H groups in total. The largest absolute Gasteiger partial charge is 0.403 e. The molecule has 1 atom stereocenters. The maximum atomic E-state index is 5.49. The zero-order chi connectivity index (χ0) is 12.5. The smallest absolute Gasteiger partial charge is 0.0591 e. The zero-order valence-corrected chi connectivity index (χ0v) is 10.6. The van der Waals surface area contributed by atoms with E-state index in [-0.39, 0.29) is 5.41 Å². The van der Waals surface area contributed by atoms with Gasteiger partial charge in [0.05, 0.1) is 6.04 Å². The molecule has 2 heteroatoms. The van der Waals surface area contributed by atoms with Crippen molar-refractivity contribution in [2.75, 3.05) is 0 Å². The second kappa shape index (κ2) is 4.28. The van der Waals surface area contributed by atoms with E-state index in [0.29, 0.717) is 6.04 Å². The van der Waals surface area contributed by atoms with Crippen LogP contribution in [0.2, 0.25) is 0 Å². The van der Waals surface area contributed by atoms with E-state index in [2.05, 4.69) is 49.6 Å². The van der Waals surface area contributed by atoms with Crippen molar-refractivity contribution in [3.8, 4) is 0 Å². The number of hydrogen-bond donors (Lipinski definition) is 1. The summed E-state index contributed by atoms with van der Waals surface area (Å²) in [5.41, 5.74) is 8.52. The van der Waals surface area contributed by atoms with E-state index in [1.54, 1.807) is 6.20 Å². The predicted molar refractivity (Wildman–Crippen MR) is 72.2 cm³/mol. The van der Waals surface area contributed by atoms with Gasteiger partial charge in [-0.3, -0.25) is 0 Å². The van der Waals surface area contributed by atoms with Crippen LogP contribution in [0.25, 0.3) is 0 Å². The molecule has 0 saturated heterocycles. The molecule has 2 nitrogen and oxygen atoms in total. The van der Waals surface area contributed by atoms with Crippen LogP contribution in [0.1, 0.15) is 37.4 Å². The first-order valence-corrected chi connectivity index (χ1v) is 5.98. The molecule has 1 aromatic rings. The van der Waals surface area contributed by atoms with Crippen LogP contribution in [0.3, 0.4) is 0 Å². The lowest BCUT2D eigenvalue weighted by Gasteiger charge is -2.25. The van der Waals surface area contributed by atoms with Crippen LogP contribution in [-0.2, 0) is 5.41 Å². The predicted octanol–water partition coefficient (Wildman–Crippen LogP) is 3.28. The molecular formula is C15H20N2. The number of rotatable bonds is 3. The fourth-order valence-corrected chi connectivity index (χ4v) is 2.76. The van der Waals surface area contributed by atoms with E-state index in [1.165, 1.54) is 11.1 Å². The second-order valence-corrected chi connectivity index (χ2v) is 5.16. The Balaban J connectivity index is 2.43. The third kappa shape index (κ3) is 1.95. The third-order valence-electron chi connectivity index (χ3n) is 3.58. The number of benzene rings is 1. The molecule has 2 rings (SSSR count). The minimum atomic E-state index is 0.213. The lowest BCUT2D eigenvalue weighted by atomic mass is 9.86. The Morgan fingerprint density at radius 3 is 2.76 bits per heavy atom. The molecule has 1 aliphatic rings. The van der Waals surface area contributed by atoms with Gasteiger partial charge < -0.3 is 10.6 Å². The molecule has 0 heterocycles. The average Bonchev–Trinajstić information content (AvgIpc) is 2.59. The van der Waals surface area contributed by atoms with Crippen molar-refractivity contribution < 1.29 is 0 Å². The van der Waals surface area contributed by atoms with E-state index >= 15 is 0 Å². The quantitative estimate of drug-likeness (QED) is 0.860. The molecule has 0 radical (unpaired) electrons. The zero-order valence-electron chi connectivity index (χ0n) is 10.6. The molecular weight excluding hydrogens is 208 g/mol. The van der Waals surface area contributed by atoms with Gasteiger partial charge in [0, 0.05) is 12.4 Å². The number of fused-ring (bicyclic) bond motifs is 1. The summed E-state index contributed by atoms with van der Waals surface area (Å²) in [5.74, 6) is 0. The maximum absolute atomic E-state index is 5.49. The fourth-order valence-electron chi connectivity index (χ4n) is 2.76. The van der Waals surface area contributed by atoms with Gasteiger partial charge in [-0.15, -0.1) is 0 Å². The van der Waals surface area contributed by atoms with Gasteiger partial charge in [-0.05, 0) is 29.2 Å². The minimum absolute atomic E-state index is 0.213. The van der Waals surface area contributed by atoms with Crippen molar-refractivity contribution in [1.82, 2.24) is 4.90 Å². The summed E-state index contributed by atoms with van der Waals surface area (Å²) in [6.07, 6.45) is 6.38. The Hall–Kier alpha value is -1.70. The van der Waals surface area contributed by atoms with Crippen LogP contribution in [0, 0.1) is 0 Å². The first-order chi connectivity index (χ1) is 8.10. The Bertz CT molecular complexity index is 446. The molecule has 90 valence electrons. The van der Waals surface area contributed by atoms with E-state index in [4.69, 9.17) is 5.73 Å². The molecule has 1 unspecified atom stereocenters. The molecule has 0 fully saturated rings. The molecule has 17 heavy (non-hydrogen) atoms. The van der Waals surface area contributed by atoms with Gasteiger partial charge in [0.15, 0.2) is 0 Å². The molecule has 0 spiro atoms. The molecule has 0 amide bonds. The van der Waals surface area contributed by atoms with E-state index < -0.39 is 0 Å². The molecule has 0 bridgehead atoms. The normalized spacial score (nSPS) is 21.4. The van der Waals surface area contributed by atoms with Crippen molar-refractivity contribution in [3.05, 3.63) is 60.6 Å². The average molecular weight is 228 g/mol. The summed E-state index contributed by atoms with van der Waals surface area (Å²) in [5, 5.41) is 0. The number of nitrogens with two attached hydrogens (primary N) is 1. The highest BCUT2D eigenvalue weighted by Gasteiger charge is 2.37. The van der Waals surface area contributed by atoms with Crippen LogP contribution in [0.4, 0.5) is 0 Å². The van der Waals surface area contributed by atoms with E-state index in [1.807, 2.05) is 12.4 Å². The first kappa shape index (κ1) is 11.8. The van der Waals surface area contributed by atoms with Crippen LogP contribution in [-0.4, -0.2) is 4.90 Å². The van der Waals surface area contributed by atoms with Gasteiger partial charge in [-0.2, -0.15) is 0 Å². The van der Waals surface area contributed by atoms with Gasteiger partial charge in [0.2, 0.25) is 0 Å². The van der Waals surface area contributed by atoms with Crippen LogP contribution < -0.4 is 5.73 Å². The van der Waals surface area contributed by atoms with Crippen LogP contribution in [0.5, 0.6) is 0 Å². The summed E-state index contributed by atoms with van der Waals surface area (Å²) in [6, 6.07) is 8.98. The first-order valence-electron chi connectivity index (χ1n) is 5.98. The van der Waals surface area contributed by atoms with Crippen molar-refractivity contribution in [3.63, 3.8) is 0 Å². The summed E-state index contributed by atoms with van der Waals surface area (Å²) in [7, 11) is 0. The summed E-state index contributed by atoms with van der Waals surface area (Å²) < 4.78 is 0. The Morgan fingerprint density at radius 2 is 2.12 bits per heavy atom. The van der Waals surface area contributed by atoms with Gasteiger partial charge in [-0.1, -0.05) is 44.7 Å². The molecule has 0 aliphatic heterocycles. The SMILES string of the molecule is C=CN(/C=C\N)C1CC(C)(C)c2ccccc21. The highest BCUT2D eigenvalue weighted by atomic mass is 15.1. The highest BCUT2D eigenvalue weighted by Crippen LogP contribution is 2.47.